The van der Waals surface area contributed by atoms with E-state index in [9.17, 15) is 18.4 Å². The molecule has 0 saturated heterocycles. The molecule has 0 aliphatic rings. The molecular formula is C7H5ClF2N2O2. The van der Waals surface area contributed by atoms with Crippen molar-refractivity contribution in [3.63, 3.8) is 0 Å². The second-order valence-electron chi connectivity index (χ2n) is 2.44. The molecule has 0 spiro atoms. The molecule has 1 aromatic rings. The third-order valence-corrected chi connectivity index (χ3v) is 1.77. The van der Waals surface area contributed by atoms with Crippen molar-refractivity contribution < 1.29 is 13.6 Å². The van der Waals surface area contributed by atoms with Crippen molar-refractivity contribution in [1.29, 1.82) is 0 Å². The lowest BCUT2D eigenvalue weighted by Crippen LogP contribution is -2.18. The quantitative estimate of drug-likeness (QED) is 0.740. The fraction of sp³-hybridized carbons (Fsp3) is 0.143. The molecule has 0 radical (unpaired) electrons. The smallest absolute Gasteiger partial charge is 0.270 e. The number of carbonyl (C=O) groups excluding carboxylic acids is 1. The molecule has 0 fully saturated rings. The number of halogens is 3. The van der Waals surface area contributed by atoms with Crippen LogP contribution in [0.4, 0.5) is 14.5 Å². The van der Waals surface area contributed by atoms with Crippen molar-refractivity contribution in [1.82, 2.24) is 4.98 Å². The zero-order valence-electron chi connectivity index (χ0n) is 6.68. The summed E-state index contributed by atoms with van der Waals surface area (Å²) in [5, 5.41) is -1.000. The van der Waals surface area contributed by atoms with Crippen LogP contribution in [-0.4, -0.2) is 10.2 Å². The summed E-state index contributed by atoms with van der Waals surface area (Å²) < 4.78 is 24.3. The monoisotopic (exact) mass is 222 g/mol. The molecule has 1 heterocycles. The zero-order valence-corrected chi connectivity index (χ0v) is 7.44. The van der Waals surface area contributed by atoms with Gasteiger partial charge in [0.1, 0.15) is 11.4 Å². The Balaban J connectivity index is 3.42. The average Bonchev–Trinajstić information content (AvgIpc) is 2.08. The Bertz CT molecular complexity index is 430. The van der Waals surface area contributed by atoms with Crippen LogP contribution in [0.3, 0.4) is 0 Å². The van der Waals surface area contributed by atoms with E-state index in [2.05, 4.69) is 4.98 Å². The number of rotatable bonds is 2. The molecule has 7 heteroatoms. The molecule has 0 saturated carbocycles. The summed E-state index contributed by atoms with van der Waals surface area (Å²) in [6.07, 6.45) is -2.22. The Hall–Kier alpha value is -1.43. The number of hydrogen-bond donors (Lipinski definition) is 2. The molecule has 0 aliphatic carbocycles. The van der Waals surface area contributed by atoms with Gasteiger partial charge in [0.25, 0.3) is 11.7 Å². The Morgan fingerprint density at radius 1 is 1.57 bits per heavy atom. The van der Waals surface area contributed by atoms with Crippen LogP contribution in [0.15, 0.2) is 11.0 Å². The molecule has 0 atom stereocenters. The third kappa shape index (κ3) is 1.74. The Morgan fingerprint density at radius 3 is 2.57 bits per heavy atom. The lowest BCUT2D eigenvalue weighted by Gasteiger charge is -2.03. The molecule has 4 nitrogen and oxygen atoms in total. The number of nitrogens with one attached hydrogen (secondary N) is 1. The Morgan fingerprint density at radius 2 is 2.14 bits per heavy atom. The van der Waals surface area contributed by atoms with E-state index in [1.165, 1.54) is 0 Å². The summed E-state index contributed by atoms with van der Waals surface area (Å²) in [5.74, 6) is 0. The van der Waals surface area contributed by atoms with Crippen molar-refractivity contribution in [2.45, 2.75) is 6.43 Å². The molecule has 14 heavy (non-hydrogen) atoms. The predicted molar refractivity (Wildman–Crippen MR) is 46.6 cm³/mol. The highest BCUT2D eigenvalue weighted by Gasteiger charge is 2.18. The molecule has 3 N–H and O–H groups in total. The van der Waals surface area contributed by atoms with Gasteiger partial charge in [-0.1, -0.05) is 0 Å². The highest BCUT2D eigenvalue weighted by Crippen LogP contribution is 2.16. The van der Waals surface area contributed by atoms with E-state index in [4.69, 9.17) is 17.3 Å². The highest BCUT2D eigenvalue weighted by molar-refractivity contribution is 6.68. The molecule has 0 bridgehead atoms. The zero-order chi connectivity index (χ0) is 10.9. The SMILES string of the molecule is Nc1c(C(=O)Cl)[nH]cc(C(F)F)c1=O. The topological polar surface area (TPSA) is 76.0 Å². The maximum Gasteiger partial charge on any atom is 0.270 e. The minimum atomic E-state index is -2.94. The van der Waals surface area contributed by atoms with Crippen molar-refractivity contribution in [3.8, 4) is 0 Å². The van der Waals surface area contributed by atoms with Crippen LogP contribution in [0.25, 0.3) is 0 Å². The van der Waals surface area contributed by atoms with Gasteiger partial charge in [0.15, 0.2) is 0 Å². The minimum Gasteiger partial charge on any atom is -0.394 e. The maximum absolute atomic E-state index is 12.1. The van der Waals surface area contributed by atoms with E-state index in [1.807, 2.05) is 0 Å². The first-order valence-corrected chi connectivity index (χ1v) is 3.82. The number of aromatic amines is 1. The summed E-state index contributed by atoms with van der Waals surface area (Å²) in [6, 6.07) is 0. The minimum absolute atomic E-state index is 0.374. The van der Waals surface area contributed by atoms with Gasteiger partial charge < -0.3 is 10.7 Å². The Labute approximate surface area is 81.7 Å². The summed E-state index contributed by atoms with van der Waals surface area (Å²) in [4.78, 5) is 23.9. The second-order valence-corrected chi connectivity index (χ2v) is 2.78. The first-order valence-electron chi connectivity index (χ1n) is 3.44. The summed E-state index contributed by atoms with van der Waals surface area (Å²) in [6.45, 7) is 0. The number of anilines is 1. The number of nitrogens with two attached hydrogens (primary N) is 1. The highest BCUT2D eigenvalue weighted by atomic mass is 35.5. The van der Waals surface area contributed by atoms with Gasteiger partial charge in [-0.15, -0.1) is 0 Å². The van der Waals surface area contributed by atoms with Gasteiger partial charge in [-0.25, -0.2) is 8.78 Å². The molecule has 0 aromatic carbocycles. The largest absolute Gasteiger partial charge is 0.394 e. The number of nitrogen functional groups attached to an aromatic ring is 1. The first kappa shape index (κ1) is 10.6. The first-order chi connectivity index (χ1) is 6.45. The molecular weight excluding hydrogens is 218 g/mol. The van der Waals surface area contributed by atoms with Crippen molar-refractivity contribution >= 4 is 22.5 Å². The van der Waals surface area contributed by atoms with E-state index in [0.717, 1.165) is 6.20 Å². The molecule has 0 unspecified atom stereocenters. The van der Waals surface area contributed by atoms with Crippen LogP contribution in [-0.2, 0) is 0 Å². The van der Waals surface area contributed by atoms with Gasteiger partial charge in [-0.05, 0) is 11.6 Å². The summed E-state index contributed by atoms with van der Waals surface area (Å²) >= 11 is 5.04. The lowest BCUT2D eigenvalue weighted by atomic mass is 10.2. The van der Waals surface area contributed by atoms with Gasteiger partial charge in [-0.3, -0.25) is 9.59 Å². The number of hydrogen-bond acceptors (Lipinski definition) is 3. The van der Waals surface area contributed by atoms with Crippen LogP contribution >= 0.6 is 11.6 Å². The van der Waals surface area contributed by atoms with E-state index in [0.29, 0.717) is 0 Å². The van der Waals surface area contributed by atoms with Gasteiger partial charge >= 0.3 is 0 Å². The third-order valence-electron chi connectivity index (χ3n) is 1.58. The van der Waals surface area contributed by atoms with E-state index in [1.54, 1.807) is 0 Å². The average molecular weight is 223 g/mol. The van der Waals surface area contributed by atoms with Gasteiger partial charge in [0.2, 0.25) is 5.43 Å². The maximum atomic E-state index is 12.1. The van der Waals surface area contributed by atoms with Crippen molar-refractivity contribution in [2.75, 3.05) is 5.73 Å². The van der Waals surface area contributed by atoms with Crippen LogP contribution in [0.5, 0.6) is 0 Å². The fourth-order valence-electron chi connectivity index (χ4n) is 0.887. The van der Waals surface area contributed by atoms with Crippen LogP contribution in [0, 0.1) is 0 Å². The number of carbonyl (C=O) groups is 1. The van der Waals surface area contributed by atoms with E-state index in [-0.39, 0.29) is 5.69 Å². The standard InChI is InChI=1S/C7H5ClF2N2O2/c8-6(14)4-3(11)5(13)2(1-12-4)7(9)10/h1,7H,11H2,(H,12,13). The molecule has 1 rings (SSSR count). The van der Waals surface area contributed by atoms with Crippen molar-refractivity contribution in [2.24, 2.45) is 0 Å². The van der Waals surface area contributed by atoms with Crippen LogP contribution in [0.2, 0.25) is 0 Å². The normalized spacial score (nSPS) is 10.6. The molecule has 76 valence electrons. The molecule has 0 amide bonds. The number of pyridine rings is 1. The van der Waals surface area contributed by atoms with Gasteiger partial charge in [0.05, 0.1) is 5.56 Å². The summed E-state index contributed by atoms with van der Waals surface area (Å²) in [5.41, 5.74) is 2.30. The fourth-order valence-corrected chi connectivity index (χ4v) is 1.04. The van der Waals surface area contributed by atoms with Crippen molar-refractivity contribution in [3.05, 3.63) is 27.7 Å². The molecule has 0 aliphatic heterocycles. The number of H-pyrrole nitrogens is 1. The molecule has 1 aromatic heterocycles. The van der Waals surface area contributed by atoms with Crippen LogP contribution < -0.4 is 11.2 Å². The number of alkyl halides is 2. The predicted octanol–water partition coefficient (Wildman–Crippen LogP) is 1.27. The van der Waals surface area contributed by atoms with Crippen LogP contribution in [0.1, 0.15) is 22.5 Å². The lowest BCUT2D eigenvalue weighted by molar-refractivity contribution is 0.107. The number of aromatic nitrogens is 1. The Kier molecular flexibility index (Phi) is 2.85. The van der Waals surface area contributed by atoms with E-state index < -0.39 is 28.3 Å². The summed E-state index contributed by atoms with van der Waals surface area (Å²) in [7, 11) is 0. The van der Waals surface area contributed by atoms with Gasteiger partial charge in [-0.2, -0.15) is 0 Å². The second kappa shape index (κ2) is 3.75. The van der Waals surface area contributed by atoms with E-state index >= 15 is 0 Å². The van der Waals surface area contributed by atoms with Gasteiger partial charge in [0, 0.05) is 6.20 Å².